The molecule has 9 atom stereocenters. The number of phenols is 3. The molecule has 3 aliphatic heterocycles. The number of hydrogen-bond acceptors (Lipinski definition) is 13. The molecule has 6 N–H and O–H groups in total. The number of aliphatic imine (C=N–C) groups is 1. The normalized spacial score (nSPS) is 30.0. The van der Waals surface area contributed by atoms with Crippen LogP contribution in [0.5, 0.6) is 23.0 Å². The van der Waals surface area contributed by atoms with E-state index in [-0.39, 0.29) is 50.4 Å². The van der Waals surface area contributed by atoms with E-state index in [1.54, 1.807) is 45.9 Å². The number of carbonyl (C=O) groups excluding carboxylic acids is 3. The van der Waals surface area contributed by atoms with Crippen molar-refractivity contribution in [1.82, 2.24) is 0 Å². The number of aliphatic hydroxyl groups excluding tert-OH is 2. The minimum absolute atomic E-state index is 0.0606. The van der Waals surface area contributed by atoms with Gasteiger partial charge in [0.05, 0.1) is 41.2 Å². The van der Waals surface area contributed by atoms with Crippen LogP contribution in [0.2, 0.25) is 0 Å². The molecule has 0 saturated heterocycles. The average Bonchev–Trinajstić information content (AvgIpc) is 3.47. The van der Waals surface area contributed by atoms with Crippen molar-refractivity contribution in [3.63, 3.8) is 0 Å². The van der Waals surface area contributed by atoms with Gasteiger partial charge in [-0.1, -0.05) is 66.7 Å². The Hall–Kier alpha value is -5.18. The summed E-state index contributed by atoms with van der Waals surface area (Å²) in [6.07, 6.45) is 8.17. The van der Waals surface area contributed by atoms with Crippen molar-refractivity contribution in [2.75, 3.05) is 19.0 Å². The van der Waals surface area contributed by atoms with Gasteiger partial charge in [-0.15, -0.1) is 0 Å². The highest BCUT2D eigenvalue weighted by molar-refractivity contribution is 6.23. The van der Waals surface area contributed by atoms with Gasteiger partial charge in [0.15, 0.2) is 5.75 Å². The highest BCUT2D eigenvalue weighted by Crippen LogP contribution is 2.55. The zero-order chi connectivity index (χ0) is 45.7. The maximum absolute atomic E-state index is 14.5. The number of allylic oxidation sites excluding steroid dienone is 3. The number of aromatic hydroxyl groups is 3. The van der Waals surface area contributed by atoms with Crippen LogP contribution in [0, 0.1) is 36.5 Å². The molecule has 2 aromatic carbocycles. The van der Waals surface area contributed by atoms with E-state index in [9.17, 15) is 39.9 Å². The first-order valence-electron chi connectivity index (χ1n) is 20.9. The molecule has 0 saturated carbocycles. The molecule has 61 heavy (non-hydrogen) atoms. The van der Waals surface area contributed by atoms with Crippen LogP contribution < -0.4 is 10.1 Å². The molecule has 5 rings (SSSR count). The van der Waals surface area contributed by atoms with Gasteiger partial charge in [0, 0.05) is 79.0 Å². The van der Waals surface area contributed by atoms with E-state index in [2.05, 4.69) is 10.3 Å². The Morgan fingerprint density at radius 1 is 0.984 bits per heavy atom. The van der Waals surface area contributed by atoms with Crippen LogP contribution in [-0.2, 0) is 23.8 Å². The second-order valence-corrected chi connectivity index (χ2v) is 16.9. The third-order valence-corrected chi connectivity index (χ3v) is 11.6. The number of carbonyl (C=O) groups is 3. The molecule has 0 aromatic heterocycles. The summed E-state index contributed by atoms with van der Waals surface area (Å²) in [5, 5.41) is 60.9. The van der Waals surface area contributed by atoms with Gasteiger partial charge in [-0.25, -0.2) is 0 Å². The van der Waals surface area contributed by atoms with E-state index in [1.165, 1.54) is 59.3 Å². The quantitative estimate of drug-likeness (QED) is 0.0654. The van der Waals surface area contributed by atoms with Gasteiger partial charge >= 0.3 is 11.8 Å². The van der Waals surface area contributed by atoms with Crippen LogP contribution in [-0.4, -0.2) is 92.8 Å². The van der Waals surface area contributed by atoms with E-state index in [0.717, 1.165) is 6.42 Å². The first-order valence-corrected chi connectivity index (χ1v) is 20.9. The SMILES string of the molecule is CCCN=C(/C=C/c1c2c(O)c3c(O)c(C)c4c(c3c1O)C(=O)[C@@](C)(O/C=C\[C@H](OC)[C@@H](C)[C@@H](OC(C)=O)[C@H](C)[C@H](O)[C@H](C)[C@@H](O)[C@@H](C)/C=C\C=C(\C)C(=O)N2)O4)CC(C)C. The standard InChI is InChI=1S/C47H64N2O12/c1-13-20-48-31(22-23(2)3)17-18-32-37-42(55)35-34(41(32)54)36-44(29(9)40(35)53)61-47(11,45(36)56)59-21-19-33(58-12)26(6)43(60-30(10)50)28(8)39(52)27(7)38(51)24(4)15-14-16-25(5)46(57)49-37/h14-19,21,23-24,26-28,33,38-39,43,51-55H,13,20,22H2,1-12H3,(H,49,57)/b15-14-,18-17+,21-19-,25-16-,48-31?/t24-,26+,27+,28+,33-,38-,39+,43+,47-/m0/s1. The van der Waals surface area contributed by atoms with Gasteiger partial charge in [-0.2, -0.15) is 0 Å². The maximum Gasteiger partial charge on any atom is 0.312 e. The molecular weight excluding hydrogens is 785 g/mol. The number of ketones is 1. The molecular formula is C47H64N2O12. The van der Waals surface area contributed by atoms with Crippen LogP contribution in [0.3, 0.4) is 0 Å². The summed E-state index contributed by atoms with van der Waals surface area (Å²) < 4.78 is 23.7. The number of phenolic OH excluding ortho intramolecular Hbond substituents is 3. The molecule has 1 amide bonds. The van der Waals surface area contributed by atoms with E-state index in [0.29, 0.717) is 18.7 Å². The minimum atomic E-state index is -2.04. The second-order valence-electron chi connectivity index (χ2n) is 16.9. The van der Waals surface area contributed by atoms with Crippen LogP contribution in [0.4, 0.5) is 5.69 Å². The fourth-order valence-electron chi connectivity index (χ4n) is 7.95. The van der Waals surface area contributed by atoms with Crippen molar-refractivity contribution in [2.24, 2.45) is 34.6 Å². The van der Waals surface area contributed by atoms with Crippen molar-refractivity contribution >= 4 is 45.9 Å². The Morgan fingerprint density at radius 3 is 2.26 bits per heavy atom. The Bertz CT molecular complexity index is 2130. The molecule has 0 spiro atoms. The van der Waals surface area contributed by atoms with E-state index >= 15 is 0 Å². The first kappa shape index (κ1) is 48.5. The summed E-state index contributed by atoms with van der Waals surface area (Å²) in [6, 6.07) is 0. The topological polar surface area (TPSA) is 214 Å². The van der Waals surface area contributed by atoms with Crippen molar-refractivity contribution in [1.29, 1.82) is 0 Å². The molecule has 0 unspecified atom stereocenters. The summed E-state index contributed by atoms with van der Waals surface area (Å²) in [5.74, 6) is -8.03. The van der Waals surface area contributed by atoms with Crippen LogP contribution in [0.1, 0.15) is 104 Å². The van der Waals surface area contributed by atoms with Crippen LogP contribution in [0.25, 0.3) is 16.8 Å². The average molecular weight is 849 g/mol. The molecule has 14 heteroatoms. The lowest BCUT2D eigenvalue weighted by molar-refractivity contribution is -0.160. The minimum Gasteiger partial charge on any atom is -0.507 e. The second kappa shape index (κ2) is 20.1. The predicted octanol–water partition coefficient (Wildman–Crippen LogP) is 7.66. The van der Waals surface area contributed by atoms with Crippen molar-refractivity contribution < 1.29 is 58.9 Å². The number of aliphatic hydroxyl groups is 2. The predicted molar refractivity (Wildman–Crippen MR) is 235 cm³/mol. The number of nitrogens with zero attached hydrogens (tertiary/aromatic N) is 1. The summed E-state index contributed by atoms with van der Waals surface area (Å²) in [5.41, 5.74) is 0.484. The highest BCUT2D eigenvalue weighted by Gasteiger charge is 2.50. The van der Waals surface area contributed by atoms with Gasteiger partial charge in [0.2, 0.25) is 0 Å². The molecule has 334 valence electrons. The number of hydrogen-bond donors (Lipinski definition) is 6. The Morgan fingerprint density at radius 2 is 1.66 bits per heavy atom. The fraction of sp³-hybridized carbons (Fsp3) is 0.532. The van der Waals surface area contributed by atoms with E-state index in [1.807, 2.05) is 20.8 Å². The number of fused-ring (bicyclic) bond motifs is 14. The highest BCUT2D eigenvalue weighted by atomic mass is 16.7. The Balaban J connectivity index is 2.01. The smallest absolute Gasteiger partial charge is 0.312 e. The summed E-state index contributed by atoms with van der Waals surface area (Å²) in [7, 11) is 1.44. The van der Waals surface area contributed by atoms with Gasteiger partial charge in [0.1, 0.15) is 23.4 Å². The lowest BCUT2D eigenvalue weighted by Gasteiger charge is -2.38. The number of rotatable bonds is 8. The fourth-order valence-corrected chi connectivity index (χ4v) is 7.95. The van der Waals surface area contributed by atoms with Gasteiger partial charge in [-0.05, 0) is 50.8 Å². The lowest BCUT2D eigenvalue weighted by Crippen LogP contribution is -2.46. The number of anilines is 1. The Labute approximate surface area is 358 Å². The monoisotopic (exact) mass is 848 g/mol. The summed E-state index contributed by atoms with van der Waals surface area (Å²) >= 11 is 0. The van der Waals surface area contributed by atoms with E-state index < -0.39 is 88.8 Å². The molecule has 2 aromatic rings. The molecule has 0 fully saturated rings. The molecule has 14 nitrogen and oxygen atoms in total. The number of nitrogens with one attached hydrogen (secondary N) is 1. The van der Waals surface area contributed by atoms with Gasteiger partial charge < -0.3 is 49.8 Å². The number of methoxy groups -OCH3 is 1. The largest absolute Gasteiger partial charge is 0.507 e. The third-order valence-electron chi connectivity index (χ3n) is 11.6. The summed E-state index contributed by atoms with van der Waals surface area (Å²) in [6.45, 7) is 19.2. The zero-order valence-electron chi connectivity index (χ0n) is 37.4. The number of Topliss-reactive ketones (excluding diaryl/α,β-unsaturated/α-hetero) is 1. The van der Waals surface area contributed by atoms with Gasteiger partial charge in [0.25, 0.3) is 11.7 Å². The number of ether oxygens (including phenoxy) is 4. The number of amides is 1. The summed E-state index contributed by atoms with van der Waals surface area (Å²) in [4.78, 5) is 45.4. The first-order chi connectivity index (χ1) is 28.6. The van der Waals surface area contributed by atoms with Crippen LogP contribution in [0.15, 0.2) is 47.2 Å². The lowest BCUT2D eigenvalue weighted by atomic mass is 9.78. The van der Waals surface area contributed by atoms with Crippen molar-refractivity contribution in [3.05, 3.63) is 58.9 Å². The zero-order valence-corrected chi connectivity index (χ0v) is 37.4. The molecule has 3 aliphatic rings. The number of benzene rings is 2. The van der Waals surface area contributed by atoms with Crippen molar-refractivity contribution in [3.8, 4) is 23.0 Å². The van der Waals surface area contributed by atoms with Gasteiger partial charge in [-0.3, -0.25) is 19.4 Å². The van der Waals surface area contributed by atoms with Crippen molar-refractivity contribution in [2.45, 2.75) is 119 Å². The van der Waals surface area contributed by atoms with Crippen LogP contribution >= 0.6 is 0 Å². The maximum atomic E-state index is 14.5. The molecule has 3 heterocycles. The molecule has 5 bridgehead atoms. The number of esters is 1. The van der Waals surface area contributed by atoms with E-state index in [4.69, 9.17) is 18.9 Å². The Kier molecular flexibility index (Phi) is 16.0. The molecule has 0 radical (unpaired) electrons. The third kappa shape index (κ3) is 10.3. The molecule has 0 aliphatic carbocycles.